The van der Waals surface area contributed by atoms with Gasteiger partial charge < -0.3 is 5.11 Å². The molecule has 0 aliphatic heterocycles. The third kappa shape index (κ3) is 4.67. The van der Waals surface area contributed by atoms with Gasteiger partial charge in [0.05, 0.1) is 5.41 Å². The number of benzene rings is 1. The highest BCUT2D eigenvalue weighted by Gasteiger charge is 2.32. The zero-order valence-electron chi connectivity index (χ0n) is 14.8. The van der Waals surface area contributed by atoms with Crippen LogP contribution in [0.2, 0.25) is 0 Å². The molecule has 0 spiro atoms. The van der Waals surface area contributed by atoms with Crippen molar-refractivity contribution in [3.8, 4) is 0 Å². The number of aliphatic carboxylic acids is 1. The maximum Gasteiger partial charge on any atom is 0.309 e. The first-order valence-corrected chi connectivity index (χ1v) is 8.62. The maximum atomic E-state index is 11.6. The molecule has 0 fully saturated rings. The number of carboxylic acids is 1. The number of rotatable bonds is 8. The second kappa shape index (κ2) is 8.09. The number of hydrogen-bond donors (Lipinski definition) is 1. The van der Waals surface area contributed by atoms with Gasteiger partial charge in [-0.2, -0.15) is 0 Å². The van der Waals surface area contributed by atoms with Crippen molar-refractivity contribution >= 4 is 5.97 Å². The van der Waals surface area contributed by atoms with Crippen LogP contribution >= 0.6 is 0 Å². The topological polar surface area (TPSA) is 50.2 Å². The average molecular weight is 325 g/mol. The zero-order valence-corrected chi connectivity index (χ0v) is 14.8. The molecule has 1 heterocycles. The molecular formula is C21H27NO2. The van der Waals surface area contributed by atoms with E-state index in [2.05, 4.69) is 36.2 Å². The summed E-state index contributed by atoms with van der Waals surface area (Å²) in [6.45, 7) is 5.82. The number of carboxylic acid groups (broad SMARTS) is 1. The Balaban J connectivity index is 2.27. The summed E-state index contributed by atoms with van der Waals surface area (Å²) in [5, 5.41) is 9.53. The van der Waals surface area contributed by atoms with Crippen molar-refractivity contribution in [2.45, 2.75) is 51.9 Å². The summed E-state index contributed by atoms with van der Waals surface area (Å²) < 4.78 is 0. The largest absolute Gasteiger partial charge is 0.481 e. The van der Waals surface area contributed by atoms with Gasteiger partial charge in [0.25, 0.3) is 0 Å². The van der Waals surface area contributed by atoms with E-state index in [-0.39, 0.29) is 5.92 Å². The van der Waals surface area contributed by atoms with Crippen LogP contribution in [-0.2, 0) is 4.79 Å². The van der Waals surface area contributed by atoms with E-state index in [1.807, 2.05) is 32.0 Å². The molecule has 3 heteroatoms. The average Bonchev–Trinajstić information content (AvgIpc) is 2.60. The van der Waals surface area contributed by atoms with Gasteiger partial charge in [0.1, 0.15) is 0 Å². The molecule has 0 saturated carbocycles. The molecule has 2 unspecified atom stereocenters. The van der Waals surface area contributed by atoms with Crippen molar-refractivity contribution in [1.82, 2.24) is 4.98 Å². The van der Waals surface area contributed by atoms with Crippen molar-refractivity contribution in [2.75, 3.05) is 0 Å². The zero-order chi connectivity index (χ0) is 17.6. The molecule has 1 N–H and O–H groups in total. The minimum Gasteiger partial charge on any atom is -0.481 e. The molecule has 24 heavy (non-hydrogen) atoms. The van der Waals surface area contributed by atoms with Crippen molar-refractivity contribution < 1.29 is 9.90 Å². The third-order valence-corrected chi connectivity index (χ3v) is 4.85. The lowest BCUT2D eigenvalue weighted by atomic mass is 9.75. The molecule has 0 aliphatic rings. The van der Waals surface area contributed by atoms with Crippen molar-refractivity contribution in [3.63, 3.8) is 0 Å². The molecule has 128 valence electrons. The Bertz CT molecular complexity index is 637. The molecule has 0 radical (unpaired) electrons. The van der Waals surface area contributed by atoms with Crippen LogP contribution in [0.4, 0.5) is 0 Å². The van der Waals surface area contributed by atoms with Gasteiger partial charge >= 0.3 is 5.97 Å². The molecule has 0 saturated heterocycles. The van der Waals surface area contributed by atoms with Crippen molar-refractivity contribution in [2.24, 2.45) is 5.41 Å². The summed E-state index contributed by atoms with van der Waals surface area (Å²) in [7, 11) is 0. The first kappa shape index (κ1) is 18.2. The molecule has 0 bridgehead atoms. The fourth-order valence-electron chi connectivity index (χ4n) is 3.28. The van der Waals surface area contributed by atoms with Gasteiger partial charge in [-0.15, -0.1) is 0 Å². The van der Waals surface area contributed by atoms with Crippen LogP contribution in [0.3, 0.4) is 0 Å². The molecule has 2 aromatic rings. The van der Waals surface area contributed by atoms with Crippen molar-refractivity contribution in [3.05, 3.63) is 66.0 Å². The van der Waals surface area contributed by atoms with Crippen LogP contribution in [0, 0.1) is 5.41 Å². The lowest BCUT2D eigenvalue weighted by Crippen LogP contribution is -2.26. The van der Waals surface area contributed by atoms with Gasteiger partial charge in [-0.25, -0.2) is 0 Å². The number of nitrogens with zero attached hydrogens (tertiary/aromatic N) is 1. The maximum absolute atomic E-state index is 11.6. The van der Waals surface area contributed by atoms with Gasteiger partial charge in [0, 0.05) is 12.4 Å². The number of pyridine rings is 1. The Labute approximate surface area is 144 Å². The Hall–Kier alpha value is -2.16. The van der Waals surface area contributed by atoms with Crippen LogP contribution in [-0.4, -0.2) is 16.1 Å². The Morgan fingerprint density at radius 2 is 1.62 bits per heavy atom. The van der Waals surface area contributed by atoms with Gasteiger partial charge in [-0.3, -0.25) is 9.78 Å². The van der Waals surface area contributed by atoms with E-state index in [1.54, 1.807) is 12.4 Å². The van der Waals surface area contributed by atoms with Crippen LogP contribution < -0.4 is 0 Å². The predicted molar refractivity (Wildman–Crippen MR) is 97.1 cm³/mol. The standard InChI is InChI=1S/C21H27NO2/c1-4-16(17-8-6-5-7-9-17)14-19(15-21(2,3)20(23)24)18-10-12-22-13-11-18/h5-13,16,19H,4,14-15H2,1-3H3,(H,23,24). The molecule has 0 aliphatic carbocycles. The Morgan fingerprint density at radius 3 is 2.17 bits per heavy atom. The smallest absolute Gasteiger partial charge is 0.309 e. The Morgan fingerprint density at radius 1 is 1.04 bits per heavy atom. The lowest BCUT2D eigenvalue weighted by Gasteiger charge is -2.29. The fraction of sp³-hybridized carbons (Fsp3) is 0.429. The van der Waals surface area contributed by atoms with Gasteiger partial charge in [-0.05, 0) is 68.2 Å². The first-order valence-electron chi connectivity index (χ1n) is 8.62. The number of carbonyl (C=O) groups is 1. The monoisotopic (exact) mass is 325 g/mol. The molecule has 0 amide bonds. The van der Waals surface area contributed by atoms with Crippen LogP contribution in [0.15, 0.2) is 54.9 Å². The van der Waals surface area contributed by atoms with E-state index in [9.17, 15) is 9.90 Å². The van der Waals surface area contributed by atoms with Crippen molar-refractivity contribution in [1.29, 1.82) is 0 Å². The number of aromatic nitrogens is 1. The molecule has 1 aromatic carbocycles. The normalized spacial score (nSPS) is 14.1. The molecule has 1 aromatic heterocycles. The molecule has 3 nitrogen and oxygen atoms in total. The summed E-state index contributed by atoms with van der Waals surface area (Å²) >= 11 is 0. The quantitative estimate of drug-likeness (QED) is 0.721. The van der Waals surface area contributed by atoms with E-state index in [1.165, 1.54) is 11.1 Å². The van der Waals surface area contributed by atoms with Crippen LogP contribution in [0.5, 0.6) is 0 Å². The van der Waals surface area contributed by atoms with Crippen LogP contribution in [0.1, 0.15) is 63.0 Å². The molecular weight excluding hydrogens is 298 g/mol. The second-order valence-electron chi connectivity index (χ2n) is 7.12. The summed E-state index contributed by atoms with van der Waals surface area (Å²) in [6, 6.07) is 14.5. The minimum atomic E-state index is -0.747. The predicted octanol–water partition coefficient (Wildman–Crippen LogP) is 5.25. The summed E-state index contributed by atoms with van der Waals surface area (Å²) in [5.74, 6) is -0.118. The first-order chi connectivity index (χ1) is 11.4. The van der Waals surface area contributed by atoms with E-state index >= 15 is 0 Å². The highest BCUT2D eigenvalue weighted by Crippen LogP contribution is 2.39. The SMILES string of the molecule is CCC(CC(CC(C)(C)C(=O)O)c1ccncc1)c1ccccc1. The van der Waals surface area contributed by atoms with E-state index in [4.69, 9.17) is 0 Å². The van der Waals surface area contributed by atoms with E-state index in [0.717, 1.165) is 12.8 Å². The number of hydrogen-bond acceptors (Lipinski definition) is 2. The molecule has 2 rings (SSSR count). The van der Waals surface area contributed by atoms with Gasteiger partial charge in [-0.1, -0.05) is 37.3 Å². The Kier molecular flexibility index (Phi) is 6.13. The lowest BCUT2D eigenvalue weighted by molar-refractivity contribution is -0.147. The minimum absolute atomic E-state index is 0.198. The second-order valence-corrected chi connectivity index (χ2v) is 7.12. The highest BCUT2D eigenvalue weighted by atomic mass is 16.4. The fourth-order valence-corrected chi connectivity index (χ4v) is 3.28. The van der Waals surface area contributed by atoms with Gasteiger partial charge in [0.15, 0.2) is 0 Å². The third-order valence-electron chi connectivity index (χ3n) is 4.85. The van der Waals surface area contributed by atoms with E-state index in [0.29, 0.717) is 12.3 Å². The summed E-state index contributed by atoms with van der Waals surface area (Å²) in [6.07, 6.45) is 6.19. The van der Waals surface area contributed by atoms with Crippen LogP contribution in [0.25, 0.3) is 0 Å². The summed E-state index contributed by atoms with van der Waals surface area (Å²) in [4.78, 5) is 15.7. The summed E-state index contributed by atoms with van der Waals surface area (Å²) in [5.41, 5.74) is 1.75. The molecule has 2 atom stereocenters. The van der Waals surface area contributed by atoms with E-state index < -0.39 is 11.4 Å². The highest BCUT2D eigenvalue weighted by molar-refractivity contribution is 5.73. The van der Waals surface area contributed by atoms with Gasteiger partial charge in [0.2, 0.25) is 0 Å².